The van der Waals surface area contributed by atoms with E-state index in [9.17, 15) is 0 Å². The molecule has 11 heavy (non-hydrogen) atoms. The van der Waals surface area contributed by atoms with Crippen LogP contribution in [0.5, 0.6) is 0 Å². The molecule has 2 aromatic rings. The van der Waals surface area contributed by atoms with E-state index in [2.05, 4.69) is 4.98 Å². The van der Waals surface area contributed by atoms with Crippen molar-refractivity contribution in [3.8, 4) is 0 Å². The zero-order chi connectivity index (χ0) is 7.68. The molecule has 0 radical (unpaired) electrons. The van der Waals surface area contributed by atoms with Crippen LogP contribution in [0.1, 0.15) is 0 Å². The summed E-state index contributed by atoms with van der Waals surface area (Å²) in [7, 11) is 0. The molecule has 2 N–H and O–H groups in total. The molecule has 2 rings (SSSR count). The summed E-state index contributed by atoms with van der Waals surface area (Å²) < 4.78 is 4.01. The first-order chi connectivity index (χ1) is 5.42. The number of hydrogen-bond acceptors (Lipinski definition) is 2. The molecule has 4 heteroatoms. The second kappa shape index (κ2) is 2.39. The Morgan fingerprint density at radius 3 is 3.18 bits per heavy atom. The number of aromatic nitrogens is 3. The molecular formula is C7H10N4. The maximum atomic E-state index is 5.42. The quantitative estimate of drug-likeness (QED) is 0.659. The second-order valence-corrected chi connectivity index (χ2v) is 2.40. The summed E-state index contributed by atoms with van der Waals surface area (Å²) in [5.41, 5.74) is 6.40. The predicted octanol–water partition coefficient (Wildman–Crippen LogP) is 0.0945. The van der Waals surface area contributed by atoms with Crippen LogP contribution in [-0.2, 0) is 6.54 Å². The van der Waals surface area contributed by atoms with Crippen LogP contribution in [0.2, 0.25) is 0 Å². The van der Waals surface area contributed by atoms with Gasteiger partial charge in [0.25, 0.3) is 0 Å². The topological polar surface area (TPSA) is 48.2 Å². The van der Waals surface area contributed by atoms with Crippen LogP contribution < -0.4 is 5.73 Å². The Morgan fingerprint density at radius 1 is 1.45 bits per heavy atom. The van der Waals surface area contributed by atoms with Gasteiger partial charge in [0.1, 0.15) is 0 Å². The van der Waals surface area contributed by atoms with Crippen molar-refractivity contribution in [3.63, 3.8) is 0 Å². The number of imidazole rings is 1. The van der Waals surface area contributed by atoms with Crippen molar-refractivity contribution in [2.45, 2.75) is 6.54 Å². The van der Waals surface area contributed by atoms with Gasteiger partial charge >= 0.3 is 0 Å². The van der Waals surface area contributed by atoms with E-state index in [-0.39, 0.29) is 0 Å². The lowest BCUT2D eigenvalue weighted by atomic mass is 10.6. The first-order valence-corrected chi connectivity index (χ1v) is 3.60. The van der Waals surface area contributed by atoms with E-state index in [0.29, 0.717) is 6.54 Å². The average Bonchev–Trinajstić information content (AvgIpc) is 2.53. The number of hydrogen-bond donors (Lipinski definition) is 1. The second-order valence-electron chi connectivity index (χ2n) is 2.40. The van der Waals surface area contributed by atoms with Crippen molar-refractivity contribution in [1.82, 2.24) is 14.2 Å². The van der Waals surface area contributed by atoms with Gasteiger partial charge in [-0.1, -0.05) is 0 Å². The van der Waals surface area contributed by atoms with Gasteiger partial charge < -0.3 is 5.73 Å². The minimum atomic E-state index is 0.655. The molecule has 0 spiro atoms. The molecule has 0 atom stereocenters. The molecule has 58 valence electrons. The molecule has 2 heterocycles. The van der Waals surface area contributed by atoms with E-state index in [0.717, 1.165) is 12.2 Å². The van der Waals surface area contributed by atoms with Gasteiger partial charge in [0.05, 0.1) is 6.54 Å². The highest BCUT2D eigenvalue weighted by molar-refractivity contribution is 5.35. The Bertz CT molecular complexity index is 346. The molecule has 0 aromatic carbocycles. The predicted molar refractivity (Wildman–Crippen MR) is 42.2 cm³/mol. The highest BCUT2D eigenvalue weighted by atomic mass is 15.4. The van der Waals surface area contributed by atoms with Crippen LogP contribution in [0, 0.1) is 0 Å². The minimum absolute atomic E-state index is 0.655. The van der Waals surface area contributed by atoms with Gasteiger partial charge in [-0.2, -0.15) is 0 Å². The minimum Gasteiger partial charge on any atom is -0.329 e. The first-order valence-electron chi connectivity index (χ1n) is 3.60. The average molecular weight is 150 g/mol. The Kier molecular flexibility index (Phi) is 1.40. The molecule has 0 amide bonds. The lowest BCUT2D eigenvalue weighted by Crippen LogP contribution is -2.12. The summed E-state index contributed by atoms with van der Waals surface area (Å²) in [6.07, 6.45) is 5.68. The smallest absolute Gasteiger partial charge is 0.152 e. The maximum Gasteiger partial charge on any atom is 0.152 e. The van der Waals surface area contributed by atoms with Crippen molar-refractivity contribution in [2.75, 3.05) is 6.54 Å². The van der Waals surface area contributed by atoms with E-state index < -0.39 is 0 Å². The molecule has 0 unspecified atom stereocenters. The third kappa shape index (κ3) is 0.914. The summed E-state index contributed by atoms with van der Waals surface area (Å²) in [5.74, 6) is 0. The van der Waals surface area contributed by atoms with Gasteiger partial charge in [-0.05, 0) is 0 Å². The van der Waals surface area contributed by atoms with Crippen LogP contribution in [-0.4, -0.2) is 20.7 Å². The molecule has 0 saturated heterocycles. The maximum absolute atomic E-state index is 5.42. The fourth-order valence-corrected chi connectivity index (χ4v) is 1.18. The summed E-state index contributed by atoms with van der Waals surface area (Å²) in [6.45, 7) is 1.49. The van der Waals surface area contributed by atoms with Crippen LogP contribution in [0.4, 0.5) is 0 Å². The monoisotopic (exact) mass is 150 g/mol. The Labute approximate surface area is 64.2 Å². The lowest BCUT2D eigenvalue weighted by Gasteiger charge is -2.00. The van der Waals surface area contributed by atoms with Gasteiger partial charge in [-0.3, -0.25) is 4.68 Å². The zero-order valence-electron chi connectivity index (χ0n) is 6.14. The fourth-order valence-electron chi connectivity index (χ4n) is 1.18. The highest BCUT2D eigenvalue weighted by Gasteiger charge is 1.96. The Balaban J connectivity index is 2.51. The van der Waals surface area contributed by atoms with Gasteiger partial charge in [0, 0.05) is 31.2 Å². The van der Waals surface area contributed by atoms with Gasteiger partial charge in [0.2, 0.25) is 0 Å². The normalized spacial score (nSPS) is 11.0. The Hall–Kier alpha value is -1.29. The summed E-state index contributed by atoms with van der Waals surface area (Å²) in [4.78, 5) is 4.12. The molecule has 0 fully saturated rings. The van der Waals surface area contributed by atoms with Gasteiger partial charge in [-0.15, -0.1) is 0 Å². The summed E-state index contributed by atoms with van der Waals surface area (Å²) in [6, 6.07) is 1.97. The molecule has 4 nitrogen and oxygen atoms in total. The summed E-state index contributed by atoms with van der Waals surface area (Å²) in [5, 5.41) is 0. The van der Waals surface area contributed by atoms with Crippen molar-refractivity contribution in [2.24, 2.45) is 5.73 Å². The van der Waals surface area contributed by atoms with Crippen molar-refractivity contribution in [1.29, 1.82) is 0 Å². The van der Waals surface area contributed by atoms with E-state index in [1.807, 2.05) is 27.7 Å². The van der Waals surface area contributed by atoms with Crippen LogP contribution >= 0.6 is 0 Å². The van der Waals surface area contributed by atoms with E-state index >= 15 is 0 Å². The zero-order valence-corrected chi connectivity index (χ0v) is 6.14. The largest absolute Gasteiger partial charge is 0.329 e. The molecule has 0 saturated carbocycles. The number of fused-ring (bicyclic) bond motifs is 1. The molecule has 0 aliphatic rings. The SMILES string of the molecule is NCCn1ccc2nccn21. The first kappa shape index (κ1) is 6.42. The van der Waals surface area contributed by atoms with Crippen molar-refractivity contribution in [3.05, 3.63) is 24.7 Å². The van der Waals surface area contributed by atoms with Gasteiger partial charge in [-0.25, -0.2) is 9.50 Å². The lowest BCUT2D eigenvalue weighted by molar-refractivity contribution is 0.590. The molecule has 0 aliphatic heterocycles. The van der Waals surface area contributed by atoms with Crippen LogP contribution in [0.25, 0.3) is 5.65 Å². The van der Waals surface area contributed by atoms with Crippen LogP contribution in [0.15, 0.2) is 24.7 Å². The van der Waals surface area contributed by atoms with E-state index in [1.165, 1.54) is 0 Å². The standard InChI is InChI=1S/C7H10N4/c8-2-5-10-4-1-7-9-3-6-11(7)10/h1,3-4,6H,2,5,8H2. The van der Waals surface area contributed by atoms with Crippen molar-refractivity contribution >= 4 is 5.65 Å². The van der Waals surface area contributed by atoms with E-state index in [4.69, 9.17) is 5.73 Å². The third-order valence-electron chi connectivity index (χ3n) is 1.68. The van der Waals surface area contributed by atoms with E-state index in [1.54, 1.807) is 6.20 Å². The Morgan fingerprint density at radius 2 is 2.36 bits per heavy atom. The number of nitrogens with zero attached hydrogens (tertiary/aromatic N) is 3. The van der Waals surface area contributed by atoms with Crippen molar-refractivity contribution < 1.29 is 0 Å². The number of rotatable bonds is 2. The number of nitrogens with two attached hydrogens (primary N) is 1. The van der Waals surface area contributed by atoms with Crippen LogP contribution in [0.3, 0.4) is 0 Å². The highest BCUT2D eigenvalue weighted by Crippen LogP contribution is 2.00. The fraction of sp³-hybridized carbons (Fsp3) is 0.286. The molecule has 0 aliphatic carbocycles. The molecule has 0 bridgehead atoms. The molecular weight excluding hydrogens is 140 g/mol. The van der Waals surface area contributed by atoms with Gasteiger partial charge in [0.15, 0.2) is 5.65 Å². The molecule has 2 aromatic heterocycles. The third-order valence-corrected chi connectivity index (χ3v) is 1.68. The summed E-state index contributed by atoms with van der Waals surface area (Å²) >= 11 is 0.